The Kier molecular flexibility index (Phi) is 9.00. The molecule has 0 aliphatic carbocycles. The number of nitrogens with zero attached hydrogens (tertiary/aromatic N) is 4. The van der Waals surface area contributed by atoms with E-state index in [-0.39, 0.29) is 31.5 Å². The number of aromatic amines is 1. The lowest BCUT2D eigenvalue weighted by molar-refractivity contribution is -0.231. The number of anilines is 1. The van der Waals surface area contributed by atoms with E-state index in [2.05, 4.69) is 30.5 Å². The van der Waals surface area contributed by atoms with Gasteiger partial charge >= 0.3 is 0 Å². The van der Waals surface area contributed by atoms with Crippen LogP contribution >= 0.6 is 0 Å². The summed E-state index contributed by atoms with van der Waals surface area (Å²) in [7, 11) is 3.98. The number of ether oxygens (including phenoxy) is 2. The van der Waals surface area contributed by atoms with Crippen molar-refractivity contribution in [3.8, 4) is 22.6 Å². The predicted octanol–water partition coefficient (Wildman–Crippen LogP) is 2.20. The van der Waals surface area contributed by atoms with Crippen LogP contribution in [0.2, 0.25) is 0 Å². The van der Waals surface area contributed by atoms with E-state index in [9.17, 15) is 9.18 Å². The molecule has 1 aliphatic rings. The van der Waals surface area contributed by atoms with Crippen molar-refractivity contribution in [3.63, 3.8) is 0 Å². The molecule has 204 valence electrons. The van der Waals surface area contributed by atoms with Crippen molar-refractivity contribution < 1.29 is 23.8 Å². The van der Waals surface area contributed by atoms with Crippen LogP contribution in [-0.4, -0.2) is 89.4 Å². The first-order chi connectivity index (χ1) is 18.3. The Bertz CT molecular complexity index is 1210. The van der Waals surface area contributed by atoms with Crippen LogP contribution < -0.4 is 10.6 Å². The molecule has 2 aromatic heterocycles. The normalized spacial score (nSPS) is 19.5. The number of rotatable bonds is 11. The summed E-state index contributed by atoms with van der Waals surface area (Å²) in [4.78, 5) is 31.5. The van der Waals surface area contributed by atoms with Crippen LogP contribution in [0.15, 0.2) is 36.5 Å². The second kappa shape index (κ2) is 12.4. The zero-order chi connectivity index (χ0) is 27.1. The number of H-pyrrole nitrogens is 1. The summed E-state index contributed by atoms with van der Waals surface area (Å²) in [6.07, 6.45) is 1.61. The first-order valence-corrected chi connectivity index (χ1v) is 12.5. The highest BCUT2D eigenvalue weighted by molar-refractivity contribution is 5.82. The van der Waals surface area contributed by atoms with Crippen molar-refractivity contribution in [2.75, 3.05) is 58.9 Å². The van der Waals surface area contributed by atoms with E-state index in [0.29, 0.717) is 47.5 Å². The quantitative estimate of drug-likeness (QED) is 0.277. The summed E-state index contributed by atoms with van der Waals surface area (Å²) in [5.74, 6) is 0.263. The van der Waals surface area contributed by atoms with Crippen molar-refractivity contribution in [2.45, 2.75) is 19.6 Å². The Morgan fingerprint density at radius 1 is 1.18 bits per heavy atom. The molecule has 0 unspecified atom stereocenters. The van der Waals surface area contributed by atoms with Gasteiger partial charge in [-0.2, -0.15) is 0 Å². The maximum Gasteiger partial charge on any atom is 0.230 e. The third-order valence-electron chi connectivity index (χ3n) is 6.09. The lowest BCUT2D eigenvalue weighted by Gasteiger charge is -2.35. The van der Waals surface area contributed by atoms with E-state index in [0.717, 1.165) is 13.0 Å². The fourth-order valence-corrected chi connectivity index (χ4v) is 3.96. The number of imidazole rings is 1. The summed E-state index contributed by atoms with van der Waals surface area (Å²) in [6.45, 7) is 3.81. The van der Waals surface area contributed by atoms with Gasteiger partial charge in [0.15, 0.2) is 5.82 Å². The van der Waals surface area contributed by atoms with Crippen LogP contribution in [0.5, 0.6) is 0 Å². The molecule has 0 atom stereocenters. The number of amides is 1. The average Bonchev–Trinajstić information content (AvgIpc) is 3.36. The molecule has 1 amide bonds. The molecule has 0 bridgehead atoms. The van der Waals surface area contributed by atoms with Gasteiger partial charge in [-0.15, -0.1) is 0 Å². The molecule has 4 N–H and O–H groups in total. The van der Waals surface area contributed by atoms with Crippen LogP contribution in [0.25, 0.3) is 22.6 Å². The Hall–Kier alpha value is -3.45. The number of aliphatic hydroxyl groups excluding tert-OH is 1. The summed E-state index contributed by atoms with van der Waals surface area (Å²) in [5, 5.41) is 15.0. The molecule has 4 rings (SSSR count). The molecule has 3 aromatic rings. The molecule has 1 fully saturated rings. The second-order valence-electron chi connectivity index (χ2n) is 9.70. The summed E-state index contributed by atoms with van der Waals surface area (Å²) >= 11 is 0. The molecule has 0 saturated carbocycles. The number of hydrogen-bond acceptors (Lipinski definition) is 9. The highest BCUT2D eigenvalue weighted by Crippen LogP contribution is 2.35. The topological polar surface area (TPSA) is 138 Å². The van der Waals surface area contributed by atoms with Crippen molar-refractivity contribution >= 4 is 11.9 Å². The van der Waals surface area contributed by atoms with Crippen LogP contribution in [0.4, 0.5) is 10.3 Å². The van der Waals surface area contributed by atoms with Gasteiger partial charge in [0, 0.05) is 24.8 Å². The van der Waals surface area contributed by atoms with Gasteiger partial charge < -0.3 is 35.1 Å². The Labute approximate surface area is 220 Å². The third kappa shape index (κ3) is 6.70. The number of halogens is 1. The molecule has 11 nitrogen and oxygen atoms in total. The van der Waals surface area contributed by atoms with Crippen molar-refractivity contribution in [2.24, 2.45) is 5.41 Å². The molecular weight excluding hydrogens is 493 g/mol. The first-order valence-electron chi connectivity index (χ1n) is 12.5. The minimum atomic E-state index is -0.830. The molecule has 38 heavy (non-hydrogen) atoms. The summed E-state index contributed by atoms with van der Waals surface area (Å²) in [5.41, 5.74) is 1.48. The standard InChI is InChI=1S/C26H34FN7O4/c1-26(24(36)28-10-4-13-34(2)3)15-37-23(38-16-26)22-32-20(17-5-7-18(27)8-6-17)21(33-22)19-9-11-29-25(31-19)30-12-14-35/h5-9,11,23,35H,4,10,12-16H2,1-3H3,(H,28,36)(H,32,33)(H,29,30,31). The Balaban J connectivity index is 1.53. The maximum atomic E-state index is 13.6. The second-order valence-corrected chi connectivity index (χ2v) is 9.70. The molecule has 0 spiro atoms. The number of carbonyl (C=O) groups excluding carboxylic acids is 1. The molecule has 1 aliphatic heterocycles. The van der Waals surface area contributed by atoms with Crippen molar-refractivity contribution in [1.82, 2.24) is 30.2 Å². The number of aliphatic hydroxyl groups is 1. The largest absolute Gasteiger partial charge is 0.395 e. The van der Waals surface area contributed by atoms with Gasteiger partial charge in [-0.3, -0.25) is 4.79 Å². The highest BCUT2D eigenvalue weighted by atomic mass is 19.1. The highest BCUT2D eigenvalue weighted by Gasteiger charge is 2.40. The SMILES string of the molecule is CN(C)CCCNC(=O)C1(C)COC(c2nc(-c3ccc(F)cc3)c(-c3ccnc(NCCO)n3)[nH]2)OC1. The van der Waals surface area contributed by atoms with E-state index < -0.39 is 11.7 Å². The number of benzene rings is 1. The van der Waals surface area contributed by atoms with Gasteiger partial charge in [0.05, 0.1) is 42.3 Å². The van der Waals surface area contributed by atoms with Crippen LogP contribution in [0.3, 0.4) is 0 Å². The van der Waals surface area contributed by atoms with Crippen molar-refractivity contribution in [1.29, 1.82) is 0 Å². The lowest BCUT2D eigenvalue weighted by Crippen LogP contribution is -2.49. The molecule has 1 saturated heterocycles. The Morgan fingerprint density at radius 3 is 2.61 bits per heavy atom. The zero-order valence-corrected chi connectivity index (χ0v) is 21.8. The maximum absolute atomic E-state index is 13.6. The van der Waals surface area contributed by atoms with Gasteiger partial charge in [0.25, 0.3) is 0 Å². The first kappa shape index (κ1) is 27.6. The molecule has 12 heteroatoms. The molecule has 3 heterocycles. The van der Waals surface area contributed by atoms with Crippen LogP contribution in [0.1, 0.15) is 25.5 Å². The molecule has 1 aromatic carbocycles. The minimum absolute atomic E-state index is 0.0635. The van der Waals surface area contributed by atoms with E-state index >= 15 is 0 Å². The lowest BCUT2D eigenvalue weighted by atomic mass is 9.91. The van der Waals surface area contributed by atoms with E-state index in [1.165, 1.54) is 12.1 Å². The van der Waals surface area contributed by atoms with Crippen LogP contribution in [-0.2, 0) is 14.3 Å². The van der Waals surface area contributed by atoms with Crippen molar-refractivity contribution in [3.05, 3.63) is 48.2 Å². The zero-order valence-electron chi connectivity index (χ0n) is 21.8. The van der Waals surface area contributed by atoms with Crippen LogP contribution in [0, 0.1) is 11.2 Å². The number of carbonyl (C=O) groups is 1. The van der Waals surface area contributed by atoms with Gasteiger partial charge in [0.2, 0.25) is 18.1 Å². The van der Waals surface area contributed by atoms with E-state index in [1.54, 1.807) is 24.4 Å². The summed E-state index contributed by atoms with van der Waals surface area (Å²) < 4.78 is 25.5. The van der Waals surface area contributed by atoms with Gasteiger partial charge in [-0.1, -0.05) is 0 Å². The predicted molar refractivity (Wildman–Crippen MR) is 140 cm³/mol. The van der Waals surface area contributed by atoms with Gasteiger partial charge in [-0.05, 0) is 64.3 Å². The third-order valence-corrected chi connectivity index (χ3v) is 6.09. The summed E-state index contributed by atoms with van der Waals surface area (Å²) in [6, 6.07) is 7.70. The van der Waals surface area contributed by atoms with Gasteiger partial charge in [0.1, 0.15) is 5.82 Å². The van der Waals surface area contributed by atoms with Gasteiger partial charge in [-0.25, -0.2) is 19.3 Å². The monoisotopic (exact) mass is 527 g/mol. The minimum Gasteiger partial charge on any atom is -0.395 e. The molecular formula is C26H34FN7O4. The molecule has 0 radical (unpaired) electrons. The average molecular weight is 528 g/mol. The number of hydrogen-bond donors (Lipinski definition) is 4. The Morgan fingerprint density at radius 2 is 1.92 bits per heavy atom. The fourth-order valence-electron chi connectivity index (χ4n) is 3.96. The smallest absolute Gasteiger partial charge is 0.230 e. The number of nitrogens with one attached hydrogen (secondary N) is 3. The number of aromatic nitrogens is 4. The fraction of sp³-hybridized carbons (Fsp3) is 0.462. The van der Waals surface area contributed by atoms with E-state index in [1.807, 2.05) is 21.0 Å². The van der Waals surface area contributed by atoms with E-state index in [4.69, 9.17) is 19.6 Å².